The third-order valence-corrected chi connectivity index (χ3v) is 4.55. The first-order valence-corrected chi connectivity index (χ1v) is 8.73. The van der Waals surface area contributed by atoms with E-state index in [-0.39, 0.29) is 11.6 Å². The highest BCUT2D eigenvalue weighted by molar-refractivity contribution is 6.11. The number of hydrogen-bond donors (Lipinski definition) is 4. The maximum atomic E-state index is 10.0. The highest BCUT2D eigenvalue weighted by Gasteiger charge is 2.13. The van der Waals surface area contributed by atoms with Gasteiger partial charge in [0.2, 0.25) is 0 Å². The molecule has 0 unspecified atom stereocenters. The smallest absolute Gasteiger partial charge is 0.154 e. The number of nitrogens with zero attached hydrogens (tertiary/aromatic N) is 3. The first kappa shape index (κ1) is 17.9. The number of nitrogens with one attached hydrogen (secondary N) is 1. The van der Waals surface area contributed by atoms with Crippen LogP contribution in [-0.4, -0.2) is 41.2 Å². The van der Waals surface area contributed by atoms with Crippen LogP contribution in [-0.2, 0) is 0 Å². The van der Waals surface area contributed by atoms with E-state index in [1.807, 2.05) is 6.07 Å². The largest absolute Gasteiger partial charge is 0.507 e. The number of phenolic OH excluding ortho intramolecular Hbond substituents is 1. The van der Waals surface area contributed by atoms with Gasteiger partial charge in [0.25, 0.3) is 0 Å². The molecule has 2 heterocycles. The monoisotopic (exact) mass is 352 g/mol. The van der Waals surface area contributed by atoms with Gasteiger partial charge in [0.15, 0.2) is 5.82 Å². The molecule has 3 rings (SSSR count). The van der Waals surface area contributed by atoms with Crippen molar-refractivity contribution >= 4 is 17.6 Å². The number of nitrogens with two attached hydrogens (primary N) is 2. The first-order valence-electron chi connectivity index (χ1n) is 8.73. The second-order valence-corrected chi connectivity index (χ2v) is 6.36. The van der Waals surface area contributed by atoms with Gasteiger partial charge in [0, 0.05) is 35.7 Å². The number of para-hydroxylation sites is 1. The lowest BCUT2D eigenvalue weighted by molar-refractivity contribution is 0.383. The van der Waals surface area contributed by atoms with E-state index in [2.05, 4.69) is 20.5 Å². The molecular weight excluding hydrogens is 328 g/mol. The van der Waals surface area contributed by atoms with Crippen LogP contribution in [0.3, 0.4) is 0 Å². The van der Waals surface area contributed by atoms with Crippen molar-refractivity contribution in [2.24, 2.45) is 16.6 Å². The molecule has 1 aromatic heterocycles. The number of aliphatic imine (C=N–C) groups is 1. The van der Waals surface area contributed by atoms with Crippen molar-refractivity contribution in [2.75, 3.05) is 25.4 Å². The highest BCUT2D eigenvalue weighted by Crippen LogP contribution is 2.29. The number of anilines is 1. The number of allylic oxidation sites excluding steroid dienone is 1. The first-order chi connectivity index (χ1) is 12.7. The van der Waals surface area contributed by atoms with Gasteiger partial charge in [-0.2, -0.15) is 0 Å². The number of aromatic nitrogens is 2. The van der Waals surface area contributed by atoms with Gasteiger partial charge in [-0.3, -0.25) is 4.99 Å². The molecule has 0 saturated carbocycles. The predicted molar refractivity (Wildman–Crippen MR) is 105 cm³/mol. The normalized spacial score (nSPS) is 16.2. The lowest BCUT2D eigenvalue weighted by Crippen LogP contribution is -2.28. The summed E-state index contributed by atoms with van der Waals surface area (Å²) < 4.78 is 0. The molecule has 0 radical (unpaired) electrons. The summed E-state index contributed by atoms with van der Waals surface area (Å²) in [6, 6.07) is 8.73. The molecule has 7 nitrogen and oxygen atoms in total. The SMILES string of the molecule is N/C=C(\C=NCC1CCNCC1)c1cc(-c2ccccc2O)nnc1N. The van der Waals surface area contributed by atoms with E-state index in [0.29, 0.717) is 28.3 Å². The molecular formula is C19H24N6O. The minimum atomic E-state index is 0.135. The fraction of sp³-hybridized carbons (Fsp3) is 0.316. The molecule has 7 heteroatoms. The Balaban J connectivity index is 1.82. The van der Waals surface area contributed by atoms with Crippen molar-refractivity contribution in [3.8, 4) is 17.0 Å². The second-order valence-electron chi connectivity index (χ2n) is 6.36. The molecule has 6 N–H and O–H groups in total. The number of aromatic hydroxyl groups is 1. The van der Waals surface area contributed by atoms with Crippen molar-refractivity contribution < 1.29 is 5.11 Å². The third kappa shape index (κ3) is 4.18. The number of benzene rings is 1. The Morgan fingerprint density at radius 2 is 2.04 bits per heavy atom. The van der Waals surface area contributed by atoms with Crippen LogP contribution >= 0.6 is 0 Å². The van der Waals surface area contributed by atoms with E-state index in [0.717, 1.165) is 32.5 Å². The van der Waals surface area contributed by atoms with E-state index >= 15 is 0 Å². The van der Waals surface area contributed by atoms with E-state index in [9.17, 15) is 5.11 Å². The summed E-state index contributed by atoms with van der Waals surface area (Å²) >= 11 is 0. The lowest BCUT2D eigenvalue weighted by Gasteiger charge is -2.20. The van der Waals surface area contributed by atoms with Crippen molar-refractivity contribution in [2.45, 2.75) is 12.8 Å². The van der Waals surface area contributed by atoms with Crippen LogP contribution in [0.25, 0.3) is 16.8 Å². The molecule has 0 aliphatic carbocycles. The maximum absolute atomic E-state index is 10.0. The Kier molecular flexibility index (Phi) is 5.80. The van der Waals surface area contributed by atoms with Crippen LogP contribution in [0.5, 0.6) is 5.75 Å². The molecule has 1 aromatic carbocycles. The molecule has 0 spiro atoms. The molecule has 136 valence electrons. The zero-order valence-electron chi connectivity index (χ0n) is 14.6. The molecule has 26 heavy (non-hydrogen) atoms. The molecule has 1 fully saturated rings. The van der Waals surface area contributed by atoms with Gasteiger partial charge in [-0.05, 0) is 50.0 Å². The van der Waals surface area contributed by atoms with Crippen molar-refractivity contribution in [1.82, 2.24) is 15.5 Å². The maximum Gasteiger partial charge on any atom is 0.154 e. The van der Waals surface area contributed by atoms with Gasteiger partial charge < -0.3 is 21.9 Å². The Hall–Kier alpha value is -2.93. The molecule has 0 atom stereocenters. The average molecular weight is 352 g/mol. The summed E-state index contributed by atoms with van der Waals surface area (Å²) in [5, 5.41) is 21.5. The molecule has 2 aromatic rings. The van der Waals surface area contributed by atoms with Crippen LogP contribution in [0.1, 0.15) is 18.4 Å². The summed E-state index contributed by atoms with van der Waals surface area (Å²) in [6.07, 6.45) is 5.47. The molecule has 1 aliphatic heterocycles. The van der Waals surface area contributed by atoms with Crippen molar-refractivity contribution in [1.29, 1.82) is 0 Å². The minimum absolute atomic E-state index is 0.135. The molecule has 1 aliphatic rings. The second kappa shape index (κ2) is 8.44. The fourth-order valence-electron chi connectivity index (χ4n) is 3.02. The summed E-state index contributed by atoms with van der Waals surface area (Å²) in [5.74, 6) is 1.00. The lowest BCUT2D eigenvalue weighted by atomic mass is 9.98. The summed E-state index contributed by atoms with van der Waals surface area (Å²) in [4.78, 5) is 4.55. The number of phenols is 1. The molecule has 1 saturated heterocycles. The summed E-state index contributed by atoms with van der Waals surface area (Å²) in [5.41, 5.74) is 14.2. The number of rotatable bonds is 5. The van der Waals surface area contributed by atoms with E-state index < -0.39 is 0 Å². The van der Waals surface area contributed by atoms with Gasteiger partial charge in [-0.15, -0.1) is 10.2 Å². The highest BCUT2D eigenvalue weighted by atomic mass is 16.3. The van der Waals surface area contributed by atoms with Gasteiger partial charge in [-0.1, -0.05) is 12.1 Å². The number of hydrogen-bond acceptors (Lipinski definition) is 7. The van der Waals surface area contributed by atoms with Crippen LogP contribution in [0, 0.1) is 5.92 Å². The van der Waals surface area contributed by atoms with Crippen LogP contribution in [0.4, 0.5) is 5.82 Å². The van der Waals surface area contributed by atoms with Gasteiger partial charge in [0.1, 0.15) is 5.75 Å². The predicted octanol–water partition coefficient (Wildman–Crippen LogP) is 1.80. The Labute approximate surface area is 152 Å². The Morgan fingerprint density at radius 3 is 2.77 bits per heavy atom. The third-order valence-electron chi connectivity index (χ3n) is 4.55. The van der Waals surface area contributed by atoms with Crippen LogP contribution < -0.4 is 16.8 Å². The van der Waals surface area contributed by atoms with Gasteiger partial charge in [-0.25, -0.2) is 0 Å². The Morgan fingerprint density at radius 1 is 1.27 bits per heavy atom. The Bertz CT molecular complexity index is 811. The van der Waals surface area contributed by atoms with Crippen molar-refractivity contribution in [3.63, 3.8) is 0 Å². The van der Waals surface area contributed by atoms with Crippen LogP contribution in [0.2, 0.25) is 0 Å². The summed E-state index contributed by atoms with van der Waals surface area (Å²) in [7, 11) is 0. The van der Waals surface area contributed by atoms with Crippen molar-refractivity contribution in [3.05, 3.63) is 42.1 Å². The van der Waals surface area contributed by atoms with Crippen LogP contribution in [0.15, 0.2) is 41.5 Å². The zero-order valence-corrected chi connectivity index (χ0v) is 14.6. The quantitative estimate of drug-likeness (QED) is 0.609. The zero-order chi connectivity index (χ0) is 18.4. The summed E-state index contributed by atoms with van der Waals surface area (Å²) in [6.45, 7) is 2.86. The fourth-order valence-corrected chi connectivity index (χ4v) is 3.02. The average Bonchev–Trinajstić information content (AvgIpc) is 2.67. The van der Waals surface area contributed by atoms with E-state index in [4.69, 9.17) is 11.5 Å². The molecule has 0 amide bonds. The van der Waals surface area contributed by atoms with Gasteiger partial charge >= 0.3 is 0 Å². The number of nitrogen functional groups attached to an aromatic ring is 1. The topological polar surface area (TPSA) is 122 Å². The van der Waals surface area contributed by atoms with E-state index in [1.54, 1.807) is 30.5 Å². The standard InChI is InChI=1S/C19H24N6O/c20-10-14(12-23-11-13-5-7-22-8-6-13)16-9-17(24-25-19(16)21)15-3-1-2-4-18(15)26/h1-4,9-10,12-13,22,26H,5-8,11,20H2,(H2,21,25)/b14-10+,23-12?. The molecule has 0 bridgehead atoms. The van der Waals surface area contributed by atoms with E-state index in [1.165, 1.54) is 6.20 Å². The van der Waals surface area contributed by atoms with Gasteiger partial charge in [0.05, 0.1) is 5.69 Å². The number of piperidine rings is 1. The minimum Gasteiger partial charge on any atom is -0.507 e.